The second-order valence-electron chi connectivity index (χ2n) is 12.5. The topological polar surface area (TPSA) is 216 Å². The molecule has 14 nitrogen and oxygen atoms in total. The monoisotopic (exact) mass is 700 g/mol. The summed E-state index contributed by atoms with van der Waals surface area (Å²) < 4.78 is 41.7. The summed E-state index contributed by atoms with van der Waals surface area (Å²) in [6.07, 6.45) is -0.425. The van der Waals surface area contributed by atoms with Crippen molar-refractivity contribution in [3.05, 3.63) is 47.3 Å². The number of guanidine groups is 1. The minimum Gasteiger partial charge on any atom is -0.480 e. The van der Waals surface area contributed by atoms with Gasteiger partial charge in [-0.2, -0.15) is 18.4 Å². The van der Waals surface area contributed by atoms with Crippen molar-refractivity contribution in [1.29, 1.82) is 5.26 Å². The Bertz CT molecular complexity index is 1550. The predicted molar refractivity (Wildman–Crippen MR) is 179 cm³/mol. The second-order valence-corrected chi connectivity index (χ2v) is 12.5. The van der Waals surface area contributed by atoms with Crippen LogP contribution in [0.3, 0.4) is 0 Å². The molecule has 2 fully saturated rings. The number of nitrogens with zero attached hydrogens (tertiary/aromatic N) is 6. The number of carbonyl (C=O) groups excluding carboxylic acids is 2. The molecule has 2 atom stereocenters. The first-order valence-corrected chi connectivity index (χ1v) is 16.7. The molecule has 2 aliphatic heterocycles. The molecule has 1 aromatic carbocycles. The number of nitrogens with one attached hydrogen (secondary N) is 2. The third kappa shape index (κ3) is 10.9. The fourth-order valence-electron chi connectivity index (χ4n) is 6.02. The van der Waals surface area contributed by atoms with Gasteiger partial charge in [-0.1, -0.05) is 12.1 Å². The fraction of sp³-hybridized carbons (Fsp3) is 0.545. The molecule has 2 saturated heterocycles. The van der Waals surface area contributed by atoms with Gasteiger partial charge in [-0.25, -0.2) is 14.8 Å². The average Bonchev–Trinajstić information content (AvgIpc) is 3.05. The van der Waals surface area contributed by atoms with Gasteiger partial charge in [0.15, 0.2) is 5.96 Å². The standard InChI is InChI=1S/C33H43F3N10O4/c34-33(35,36)31-43-26(19-27(44-31)46-18-13-25(46)29(48)40-15-10-22-6-8-23(20-37)9-7-22)45-16-11-21(12-17-45)3-1-5-28(47)42-24(30(49)50)4-2-14-41-32(38)39/h6-9,19,21,24-25H,1-5,10-18H2,(H,40,48)(H,42,47)(H,49,50)(H4,38,39,41)/t24?,25-/m0/s1. The van der Waals surface area contributed by atoms with Gasteiger partial charge in [0.1, 0.15) is 23.7 Å². The number of amides is 2. The summed E-state index contributed by atoms with van der Waals surface area (Å²) in [6, 6.07) is 8.88. The highest BCUT2D eigenvalue weighted by atomic mass is 19.4. The van der Waals surface area contributed by atoms with Crippen LogP contribution in [-0.2, 0) is 27.0 Å². The van der Waals surface area contributed by atoms with Crippen LogP contribution in [0.5, 0.6) is 0 Å². The lowest BCUT2D eigenvalue weighted by atomic mass is 9.91. The number of hydrogen-bond donors (Lipinski definition) is 5. The van der Waals surface area contributed by atoms with Gasteiger partial charge >= 0.3 is 12.1 Å². The number of piperidine rings is 1. The Morgan fingerprint density at radius 2 is 1.76 bits per heavy atom. The van der Waals surface area contributed by atoms with Crippen LogP contribution in [0.15, 0.2) is 35.3 Å². The zero-order valence-corrected chi connectivity index (χ0v) is 27.7. The van der Waals surface area contributed by atoms with E-state index in [1.165, 1.54) is 6.07 Å². The molecule has 2 amide bonds. The smallest absolute Gasteiger partial charge is 0.451 e. The van der Waals surface area contributed by atoms with Crippen molar-refractivity contribution in [2.24, 2.45) is 22.4 Å². The lowest BCUT2D eigenvalue weighted by Gasteiger charge is -2.41. The van der Waals surface area contributed by atoms with E-state index in [0.717, 1.165) is 5.56 Å². The highest BCUT2D eigenvalue weighted by molar-refractivity contribution is 5.87. The van der Waals surface area contributed by atoms with Gasteiger partial charge in [0.2, 0.25) is 17.6 Å². The molecule has 17 heteroatoms. The number of carboxylic acids is 1. The lowest BCUT2D eigenvalue weighted by Crippen LogP contribution is -2.57. The highest BCUT2D eigenvalue weighted by Gasteiger charge is 2.40. The molecule has 0 bridgehead atoms. The van der Waals surface area contributed by atoms with Gasteiger partial charge < -0.3 is 37.0 Å². The molecule has 0 aliphatic carbocycles. The maximum atomic E-state index is 13.9. The van der Waals surface area contributed by atoms with Gasteiger partial charge in [-0.3, -0.25) is 14.6 Å². The Hall–Kier alpha value is -5.14. The number of halogens is 3. The number of anilines is 2. The van der Waals surface area contributed by atoms with Crippen LogP contribution >= 0.6 is 0 Å². The highest BCUT2D eigenvalue weighted by Crippen LogP contribution is 2.34. The van der Waals surface area contributed by atoms with E-state index in [-0.39, 0.29) is 54.7 Å². The first-order valence-electron chi connectivity index (χ1n) is 16.7. The van der Waals surface area contributed by atoms with E-state index in [9.17, 15) is 32.7 Å². The number of benzene rings is 1. The Balaban J connectivity index is 1.27. The normalized spacial score (nSPS) is 16.9. The summed E-state index contributed by atoms with van der Waals surface area (Å²) in [5, 5.41) is 23.8. The van der Waals surface area contributed by atoms with Crippen molar-refractivity contribution in [2.45, 2.75) is 76.0 Å². The number of nitrogens with two attached hydrogens (primary N) is 2. The van der Waals surface area contributed by atoms with Crippen LogP contribution in [0.1, 0.15) is 68.3 Å². The van der Waals surface area contributed by atoms with Gasteiger partial charge in [-0.05, 0) is 75.0 Å². The number of carbonyl (C=O) groups is 3. The van der Waals surface area contributed by atoms with Crippen LogP contribution in [0.25, 0.3) is 0 Å². The molecule has 0 saturated carbocycles. The van der Waals surface area contributed by atoms with E-state index in [1.807, 2.05) is 12.1 Å². The van der Waals surface area contributed by atoms with E-state index < -0.39 is 30.1 Å². The third-order valence-electron chi connectivity index (χ3n) is 8.90. The largest absolute Gasteiger partial charge is 0.480 e. The van der Waals surface area contributed by atoms with Gasteiger partial charge in [0, 0.05) is 45.2 Å². The summed E-state index contributed by atoms with van der Waals surface area (Å²) >= 11 is 0. The number of nitriles is 1. The molecular weight excluding hydrogens is 657 g/mol. The third-order valence-corrected chi connectivity index (χ3v) is 8.90. The Kier molecular flexibility index (Phi) is 13.2. The Morgan fingerprint density at radius 3 is 2.36 bits per heavy atom. The van der Waals surface area contributed by atoms with Crippen molar-refractivity contribution < 1.29 is 32.7 Å². The van der Waals surface area contributed by atoms with Crippen molar-refractivity contribution in [3.63, 3.8) is 0 Å². The van der Waals surface area contributed by atoms with E-state index in [4.69, 9.17) is 16.7 Å². The molecule has 50 heavy (non-hydrogen) atoms. The van der Waals surface area contributed by atoms with E-state index in [1.54, 1.807) is 21.9 Å². The van der Waals surface area contributed by atoms with Gasteiger partial charge in [0.05, 0.1) is 11.6 Å². The van der Waals surface area contributed by atoms with Crippen molar-refractivity contribution in [1.82, 2.24) is 20.6 Å². The molecule has 4 rings (SSSR count). The zero-order valence-electron chi connectivity index (χ0n) is 27.7. The summed E-state index contributed by atoms with van der Waals surface area (Å²) in [6.45, 7) is 1.89. The van der Waals surface area contributed by atoms with Crippen LogP contribution in [0, 0.1) is 17.2 Å². The predicted octanol–water partition coefficient (Wildman–Crippen LogP) is 2.31. The maximum absolute atomic E-state index is 13.9. The molecule has 2 aliphatic rings. The first kappa shape index (κ1) is 37.7. The quantitative estimate of drug-likeness (QED) is 0.0973. The van der Waals surface area contributed by atoms with Crippen molar-refractivity contribution >= 4 is 35.4 Å². The minimum atomic E-state index is -4.78. The molecule has 0 spiro atoms. The average molecular weight is 701 g/mol. The van der Waals surface area contributed by atoms with Crippen LogP contribution in [0.4, 0.5) is 24.8 Å². The summed E-state index contributed by atoms with van der Waals surface area (Å²) in [5.74, 6) is -2.72. The number of aliphatic imine (C=N–C) groups is 1. The van der Waals surface area contributed by atoms with E-state index in [2.05, 4.69) is 31.7 Å². The zero-order chi connectivity index (χ0) is 36.3. The molecule has 0 radical (unpaired) electrons. The van der Waals surface area contributed by atoms with Crippen molar-refractivity contribution in [2.75, 3.05) is 42.5 Å². The van der Waals surface area contributed by atoms with Crippen molar-refractivity contribution in [3.8, 4) is 6.07 Å². The SMILES string of the molecule is N#Cc1ccc(CCNC(=O)[C@@H]2CCN2c2cc(N3CCC(CCCC(=O)NC(CCCN=C(N)N)C(=O)O)CC3)nc(C(F)(F)F)n2)cc1. The molecule has 1 aromatic heterocycles. The minimum absolute atomic E-state index is 0.0462. The number of rotatable bonds is 16. The molecule has 3 heterocycles. The summed E-state index contributed by atoms with van der Waals surface area (Å²) in [4.78, 5) is 51.7. The van der Waals surface area contributed by atoms with Crippen LogP contribution in [-0.4, -0.2) is 83.6 Å². The second kappa shape index (κ2) is 17.5. The van der Waals surface area contributed by atoms with Gasteiger partial charge in [-0.15, -0.1) is 0 Å². The maximum Gasteiger partial charge on any atom is 0.451 e. The number of aliphatic carboxylic acids is 1. The molecule has 270 valence electrons. The Labute approximate surface area is 288 Å². The number of alkyl halides is 3. The van der Waals surface area contributed by atoms with Gasteiger partial charge in [0.25, 0.3) is 0 Å². The summed E-state index contributed by atoms with van der Waals surface area (Å²) in [5.41, 5.74) is 12.0. The molecule has 1 unspecified atom stereocenters. The first-order chi connectivity index (χ1) is 23.8. The molecule has 2 aromatic rings. The van der Waals surface area contributed by atoms with E-state index >= 15 is 0 Å². The lowest BCUT2D eigenvalue weighted by molar-refractivity contribution is -0.145. The number of carboxylic acid groups (broad SMARTS) is 1. The van der Waals surface area contributed by atoms with Crippen LogP contribution < -0.4 is 31.9 Å². The molecular formula is C33H43F3N10O4. The molecule has 7 N–H and O–H groups in total. The number of aromatic nitrogens is 2. The summed E-state index contributed by atoms with van der Waals surface area (Å²) in [7, 11) is 0. The number of hydrogen-bond acceptors (Lipinski definition) is 9. The fourth-order valence-corrected chi connectivity index (χ4v) is 6.02. The van der Waals surface area contributed by atoms with E-state index in [0.29, 0.717) is 76.7 Å². The van der Waals surface area contributed by atoms with Crippen LogP contribution in [0.2, 0.25) is 0 Å². The Morgan fingerprint density at radius 1 is 1.06 bits per heavy atom.